The number of nitrogens with zero attached hydrogens (tertiary/aromatic N) is 2. The highest BCUT2D eigenvalue weighted by molar-refractivity contribution is 5.92. The highest BCUT2D eigenvalue weighted by atomic mass is 19.1. The number of ether oxygens (including phenoxy) is 3. The lowest BCUT2D eigenvalue weighted by atomic mass is 9.99. The molecule has 0 aliphatic rings. The van der Waals surface area contributed by atoms with Gasteiger partial charge in [0.1, 0.15) is 34.5 Å². The summed E-state index contributed by atoms with van der Waals surface area (Å²) in [5.41, 5.74) is 10.5. The fraction of sp³-hybridized carbons (Fsp3) is 0.250. The minimum absolute atomic E-state index is 0.346. The Morgan fingerprint density at radius 1 is 1.11 bits per heavy atom. The molecule has 0 saturated heterocycles. The number of aryl methyl sites for hydroxylation is 3. The smallest absolute Gasteiger partial charge is 0.337 e. The van der Waals surface area contributed by atoms with Crippen LogP contribution in [0.15, 0.2) is 42.6 Å². The molecule has 0 atom stereocenters. The van der Waals surface area contributed by atoms with Crippen molar-refractivity contribution in [2.24, 2.45) is 5.73 Å². The zero-order valence-corrected chi connectivity index (χ0v) is 21.8. The first kappa shape index (κ1) is 26.5. The van der Waals surface area contributed by atoms with E-state index in [0.29, 0.717) is 46.2 Å². The third-order valence-corrected chi connectivity index (χ3v) is 6.16. The van der Waals surface area contributed by atoms with Crippen LogP contribution in [-0.4, -0.2) is 42.1 Å². The van der Waals surface area contributed by atoms with Gasteiger partial charge in [-0.25, -0.2) is 14.2 Å². The van der Waals surface area contributed by atoms with E-state index < -0.39 is 17.7 Å². The van der Waals surface area contributed by atoms with Crippen molar-refractivity contribution in [3.63, 3.8) is 0 Å². The molecule has 4 aromatic rings. The summed E-state index contributed by atoms with van der Waals surface area (Å²) < 4.78 is 32.1. The van der Waals surface area contributed by atoms with Gasteiger partial charge in [-0.1, -0.05) is 6.92 Å². The highest BCUT2D eigenvalue weighted by Gasteiger charge is 2.24. The standard InChI is InChI=1S/C28H29FN4O5/c1-6-17-11-20(36-4)12-21(38-14-22(30)34)24(17)26-27(33-13-19(29)7-8-23(33)31-26)32-25-15(2)9-18(10-16(25)3)28(35)37-5/h7-13,32H,6,14H2,1-5H3,(H2,30,34). The number of rotatable bonds is 9. The zero-order valence-electron chi connectivity index (χ0n) is 21.8. The number of halogens is 1. The van der Waals surface area contributed by atoms with E-state index in [1.165, 1.54) is 26.5 Å². The summed E-state index contributed by atoms with van der Waals surface area (Å²) in [5, 5.41) is 3.42. The second-order valence-electron chi connectivity index (χ2n) is 8.75. The molecule has 2 aromatic carbocycles. The predicted molar refractivity (Wildman–Crippen MR) is 142 cm³/mol. The minimum Gasteiger partial charge on any atom is -0.497 e. The monoisotopic (exact) mass is 520 g/mol. The van der Waals surface area contributed by atoms with Crippen molar-refractivity contribution >= 4 is 29.0 Å². The van der Waals surface area contributed by atoms with Gasteiger partial charge < -0.3 is 25.3 Å². The van der Waals surface area contributed by atoms with Crippen molar-refractivity contribution in [2.75, 3.05) is 26.1 Å². The number of imidazole rings is 1. The molecule has 0 aliphatic carbocycles. The Bertz CT molecular complexity index is 1520. The molecule has 10 heteroatoms. The number of amides is 1. The van der Waals surface area contributed by atoms with Crippen molar-refractivity contribution in [1.29, 1.82) is 0 Å². The average Bonchev–Trinajstić information content (AvgIpc) is 3.24. The molecule has 0 bridgehead atoms. The van der Waals surface area contributed by atoms with Crippen LogP contribution in [0.2, 0.25) is 0 Å². The van der Waals surface area contributed by atoms with E-state index in [-0.39, 0.29) is 6.61 Å². The lowest BCUT2D eigenvalue weighted by molar-refractivity contribution is -0.119. The van der Waals surface area contributed by atoms with Crippen LogP contribution in [0.1, 0.15) is 34.0 Å². The molecule has 198 valence electrons. The number of fused-ring (bicyclic) bond motifs is 1. The van der Waals surface area contributed by atoms with Crippen molar-refractivity contribution in [1.82, 2.24) is 9.38 Å². The molecule has 4 rings (SSSR count). The number of primary amides is 1. The maximum absolute atomic E-state index is 14.4. The number of hydrogen-bond acceptors (Lipinski definition) is 7. The van der Waals surface area contributed by atoms with Gasteiger partial charge in [-0.3, -0.25) is 9.20 Å². The van der Waals surface area contributed by atoms with E-state index >= 15 is 0 Å². The van der Waals surface area contributed by atoms with Crippen LogP contribution in [-0.2, 0) is 16.0 Å². The molecule has 38 heavy (non-hydrogen) atoms. The van der Waals surface area contributed by atoms with E-state index in [9.17, 15) is 14.0 Å². The third-order valence-electron chi connectivity index (χ3n) is 6.16. The van der Waals surface area contributed by atoms with E-state index in [0.717, 1.165) is 22.4 Å². The second kappa shape index (κ2) is 10.8. The molecule has 3 N–H and O–H groups in total. The number of carbonyl (C=O) groups is 2. The van der Waals surface area contributed by atoms with Crippen LogP contribution >= 0.6 is 0 Å². The molecule has 0 saturated carbocycles. The Morgan fingerprint density at radius 3 is 2.42 bits per heavy atom. The SMILES string of the molecule is CCc1cc(OC)cc(OCC(N)=O)c1-c1nc2ccc(F)cn2c1Nc1c(C)cc(C(=O)OC)cc1C. The first-order valence-corrected chi connectivity index (χ1v) is 11.9. The Hall–Kier alpha value is -4.60. The number of aromatic nitrogens is 2. The summed E-state index contributed by atoms with van der Waals surface area (Å²) in [7, 11) is 2.87. The number of hydrogen-bond donors (Lipinski definition) is 2. The van der Waals surface area contributed by atoms with Crippen LogP contribution in [0.4, 0.5) is 15.9 Å². The van der Waals surface area contributed by atoms with Crippen LogP contribution in [0, 0.1) is 19.7 Å². The molecule has 9 nitrogen and oxygen atoms in total. The van der Waals surface area contributed by atoms with Gasteiger partial charge in [0.25, 0.3) is 5.91 Å². The van der Waals surface area contributed by atoms with Gasteiger partial charge >= 0.3 is 5.97 Å². The van der Waals surface area contributed by atoms with Gasteiger partial charge in [-0.2, -0.15) is 0 Å². The summed E-state index contributed by atoms with van der Waals surface area (Å²) in [4.78, 5) is 28.5. The van der Waals surface area contributed by atoms with Crippen LogP contribution in [0.25, 0.3) is 16.9 Å². The molecule has 0 spiro atoms. The van der Waals surface area contributed by atoms with E-state index in [1.807, 2.05) is 26.8 Å². The number of pyridine rings is 1. The molecule has 0 fully saturated rings. The van der Waals surface area contributed by atoms with Gasteiger partial charge in [0, 0.05) is 23.5 Å². The third kappa shape index (κ3) is 5.10. The van der Waals surface area contributed by atoms with Crippen LogP contribution in [0.3, 0.4) is 0 Å². The summed E-state index contributed by atoms with van der Waals surface area (Å²) in [6.07, 6.45) is 1.92. The van der Waals surface area contributed by atoms with Crippen molar-refractivity contribution in [2.45, 2.75) is 27.2 Å². The molecule has 0 aliphatic heterocycles. The van der Waals surface area contributed by atoms with Gasteiger partial charge in [0.15, 0.2) is 6.61 Å². The summed E-state index contributed by atoms with van der Waals surface area (Å²) in [6.45, 7) is 5.34. The maximum Gasteiger partial charge on any atom is 0.337 e. The second-order valence-corrected chi connectivity index (χ2v) is 8.75. The maximum atomic E-state index is 14.4. The Labute approximate surface area is 219 Å². The number of esters is 1. The minimum atomic E-state index is -0.635. The fourth-order valence-corrected chi connectivity index (χ4v) is 4.40. The summed E-state index contributed by atoms with van der Waals surface area (Å²) in [5.74, 6) is -0.164. The number of benzene rings is 2. The Morgan fingerprint density at radius 2 is 1.82 bits per heavy atom. The first-order valence-electron chi connectivity index (χ1n) is 11.9. The molecule has 0 unspecified atom stereocenters. The van der Waals surface area contributed by atoms with Crippen molar-refractivity contribution < 1.29 is 28.2 Å². The van der Waals surface area contributed by atoms with Gasteiger partial charge in [-0.05, 0) is 67.3 Å². The Kier molecular flexibility index (Phi) is 7.52. The predicted octanol–water partition coefficient (Wildman–Crippen LogP) is 4.72. The topological polar surface area (TPSA) is 117 Å². The van der Waals surface area contributed by atoms with Crippen LogP contribution in [0.5, 0.6) is 11.5 Å². The Balaban J connectivity index is 1.98. The van der Waals surface area contributed by atoms with Gasteiger partial charge in [0.2, 0.25) is 0 Å². The molecule has 2 heterocycles. The van der Waals surface area contributed by atoms with E-state index in [4.69, 9.17) is 24.9 Å². The number of anilines is 2. The van der Waals surface area contributed by atoms with Gasteiger partial charge in [-0.15, -0.1) is 0 Å². The van der Waals surface area contributed by atoms with Crippen molar-refractivity contribution in [3.05, 3.63) is 70.7 Å². The first-order chi connectivity index (χ1) is 18.2. The number of nitrogens with two attached hydrogens (primary N) is 1. The number of nitrogens with one attached hydrogen (secondary N) is 1. The molecule has 1 amide bonds. The van der Waals surface area contributed by atoms with Crippen molar-refractivity contribution in [3.8, 4) is 22.8 Å². The molecule has 2 aromatic heterocycles. The normalized spacial score (nSPS) is 10.9. The van der Waals surface area contributed by atoms with Gasteiger partial charge in [0.05, 0.1) is 19.8 Å². The number of methoxy groups -OCH3 is 2. The lowest BCUT2D eigenvalue weighted by Crippen LogP contribution is -2.20. The van der Waals surface area contributed by atoms with E-state index in [1.54, 1.807) is 28.7 Å². The quantitative estimate of drug-likeness (QED) is 0.307. The molecule has 0 radical (unpaired) electrons. The number of carbonyl (C=O) groups excluding carboxylic acids is 2. The summed E-state index contributed by atoms with van der Waals surface area (Å²) in [6, 6.07) is 9.86. The largest absolute Gasteiger partial charge is 0.497 e. The van der Waals surface area contributed by atoms with E-state index in [2.05, 4.69) is 5.32 Å². The molecular formula is C28H29FN4O5. The average molecular weight is 521 g/mol. The molecular weight excluding hydrogens is 491 g/mol. The summed E-state index contributed by atoms with van der Waals surface area (Å²) >= 11 is 0. The lowest BCUT2D eigenvalue weighted by Gasteiger charge is -2.18. The highest BCUT2D eigenvalue weighted by Crippen LogP contribution is 2.42. The van der Waals surface area contributed by atoms with Crippen LogP contribution < -0.4 is 20.5 Å². The fourth-order valence-electron chi connectivity index (χ4n) is 4.40. The zero-order chi connectivity index (χ0) is 27.6.